The molecule has 2 aromatic carbocycles. The third-order valence-corrected chi connectivity index (χ3v) is 5.83. The molecule has 1 saturated heterocycles. The van der Waals surface area contributed by atoms with Crippen LogP contribution in [0.5, 0.6) is 0 Å². The molecule has 1 aliphatic rings. The van der Waals surface area contributed by atoms with Crippen LogP contribution >= 0.6 is 0 Å². The van der Waals surface area contributed by atoms with E-state index in [1.54, 1.807) is 25.1 Å². The Labute approximate surface area is 193 Å². The number of benzene rings is 2. The predicted octanol–water partition coefficient (Wildman–Crippen LogP) is 2.39. The first-order valence-electron chi connectivity index (χ1n) is 10.5. The van der Waals surface area contributed by atoms with Gasteiger partial charge in [-0.2, -0.15) is 5.10 Å². The second kappa shape index (κ2) is 8.82. The molecule has 1 aromatic heterocycles. The number of nitrogens with one attached hydrogen (secondary N) is 2. The van der Waals surface area contributed by atoms with Gasteiger partial charge in [0.05, 0.1) is 6.54 Å². The Hall–Kier alpha value is -3.86. The van der Waals surface area contributed by atoms with Gasteiger partial charge in [-0.05, 0) is 24.6 Å². The molecule has 0 bridgehead atoms. The summed E-state index contributed by atoms with van der Waals surface area (Å²) in [6, 6.07) is 9.55. The van der Waals surface area contributed by atoms with Crippen LogP contribution in [0.4, 0.5) is 19.0 Å². The molecule has 6 N–H and O–H groups in total. The molecule has 178 valence electrons. The Balaban J connectivity index is 1.61. The van der Waals surface area contributed by atoms with Gasteiger partial charge in [0.25, 0.3) is 17.7 Å². The van der Waals surface area contributed by atoms with Crippen LogP contribution in [-0.2, 0) is 6.54 Å². The first kappa shape index (κ1) is 23.3. The smallest absolute Gasteiger partial charge is 0.283 e. The molecular formula is C23H23F3N6O2. The second-order valence-electron chi connectivity index (χ2n) is 8.13. The number of amides is 2. The summed E-state index contributed by atoms with van der Waals surface area (Å²) >= 11 is 0. The van der Waals surface area contributed by atoms with Crippen LogP contribution in [0.1, 0.15) is 37.9 Å². The van der Waals surface area contributed by atoms with Crippen LogP contribution in [0.3, 0.4) is 0 Å². The highest BCUT2D eigenvalue weighted by Gasteiger charge is 2.47. The van der Waals surface area contributed by atoms with E-state index in [9.17, 15) is 22.8 Å². The SMILES string of the molecule is Cc1ccccc1C(=O)NCc1ccc(-c2nn(C3CNCC3(F)F)c(N)c2C(N)=O)cc1F. The molecule has 0 saturated carbocycles. The molecule has 8 nitrogen and oxygen atoms in total. The van der Waals surface area contributed by atoms with Crippen LogP contribution < -0.4 is 22.1 Å². The number of nitrogens with two attached hydrogens (primary N) is 2. The molecule has 1 unspecified atom stereocenters. The maximum Gasteiger partial charge on any atom is 0.283 e. The predicted molar refractivity (Wildman–Crippen MR) is 120 cm³/mol. The number of alkyl halides is 2. The molecule has 2 amide bonds. The van der Waals surface area contributed by atoms with Gasteiger partial charge >= 0.3 is 0 Å². The molecule has 3 aromatic rings. The number of aromatic nitrogens is 2. The molecule has 1 fully saturated rings. The van der Waals surface area contributed by atoms with Gasteiger partial charge in [0.2, 0.25) is 0 Å². The summed E-state index contributed by atoms with van der Waals surface area (Å²) in [7, 11) is 0. The average molecular weight is 472 g/mol. The average Bonchev–Trinajstić information content (AvgIpc) is 3.31. The fourth-order valence-corrected chi connectivity index (χ4v) is 3.97. The van der Waals surface area contributed by atoms with Crippen molar-refractivity contribution in [2.45, 2.75) is 25.4 Å². The molecule has 1 atom stereocenters. The highest BCUT2D eigenvalue weighted by molar-refractivity contribution is 6.03. The van der Waals surface area contributed by atoms with Gasteiger partial charge in [0, 0.05) is 29.8 Å². The summed E-state index contributed by atoms with van der Waals surface area (Å²) in [5.74, 6) is -5.46. The number of nitrogen functional groups attached to an aromatic ring is 1. The summed E-state index contributed by atoms with van der Waals surface area (Å²) in [4.78, 5) is 24.4. The van der Waals surface area contributed by atoms with Crippen LogP contribution in [-0.4, -0.2) is 40.6 Å². The molecule has 0 radical (unpaired) electrons. The monoisotopic (exact) mass is 472 g/mol. The molecule has 0 spiro atoms. The van der Waals surface area contributed by atoms with Crippen LogP contribution in [0.15, 0.2) is 42.5 Å². The lowest BCUT2D eigenvalue weighted by atomic mass is 10.0. The van der Waals surface area contributed by atoms with Gasteiger partial charge in [0.15, 0.2) is 0 Å². The van der Waals surface area contributed by atoms with E-state index in [0.717, 1.165) is 16.3 Å². The van der Waals surface area contributed by atoms with Crippen molar-refractivity contribution in [3.8, 4) is 11.3 Å². The Morgan fingerprint density at radius 1 is 1.26 bits per heavy atom. The second-order valence-corrected chi connectivity index (χ2v) is 8.13. The number of carbonyl (C=O) groups excluding carboxylic acids is 2. The van der Waals surface area contributed by atoms with Crippen molar-refractivity contribution in [2.24, 2.45) is 5.73 Å². The van der Waals surface area contributed by atoms with E-state index in [4.69, 9.17) is 11.5 Å². The molecule has 11 heteroatoms. The first-order chi connectivity index (χ1) is 16.1. The largest absolute Gasteiger partial charge is 0.383 e. The Kier molecular flexibility index (Phi) is 6.05. The number of hydrogen-bond donors (Lipinski definition) is 4. The highest BCUT2D eigenvalue weighted by Crippen LogP contribution is 2.37. The molecular weight excluding hydrogens is 449 g/mol. The van der Waals surface area contributed by atoms with Gasteiger partial charge < -0.3 is 22.1 Å². The van der Waals surface area contributed by atoms with Crippen LogP contribution in [0, 0.1) is 12.7 Å². The summed E-state index contributed by atoms with van der Waals surface area (Å²) in [6.45, 7) is 1.04. The molecule has 2 heterocycles. The van der Waals surface area contributed by atoms with E-state index < -0.39 is 30.2 Å². The number of carbonyl (C=O) groups is 2. The third kappa shape index (κ3) is 4.21. The highest BCUT2D eigenvalue weighted by atomic mass is 19.3. The summed E-state index contributed by atoms with van der Waals surface area (Å²) in [5, 5.41) is 9.33. The van der Waals surface area contributed by atoms with E-state index in [1.807, 2.05) is 6.07 Å². The molecule has 1 aliphatic heterocycles. The first-order valence-corrected chi connectivity index (χ1v) is 10.5. The Morgan fingerprint density at radius 3 is 2.62 bits per heavy atom. The summed E-state index contributed by atoms with van der Waals surface area (Å²) < 4.78 is 44.2. The number of aryl methyl sites for hydroxylation is 1. The van der Waals surface area contributed by atoms with Gasteiger partial charge in [-0.15, -0.1) is 0 Å². The maximum absolute atomic E-state index is 14.9. The quantitative estimate of drug-likeness (QED) is 0.438. The zero-order chi connectivity index (χ0) is 24.6. The van der Waals surface area contributed by atoms with Crippen LogP contribution in [0.2, 0.25) is 0 Å². The van der Waals surface area contributed by atoms with Crippen molar-refractivity contribution >= 4 is 17.6 Å². The normalized spacial score (nSPS) is 17.0. The van der Waals surface area contributed by atoms with Crippen molar-refractivity contribution in [1.29, 1.82) is 0 Å². The number of primary amides is 1. The molecule has 4 rings (SSSR count). The van der Waals surface area contributed by atoms with E-state index in [1.165, 1.54) is 12.1 Å². The minimum absolute atomic E-state index is 0.0848. The zero-order valence-corrected chi connectivity index (χ0v) is 18.2. The van der Waals surface area contributed by atoms with Crippen molar-refractivity contribution in [1.82, 2.24) is 20.4 Å². The van der Waals surface area contributed by atoms with E-state index in [0.29, 0.717) is 5.56 Å². The standard InChI is InChI=1S/C23H23F3N6O2/c1-12-4-2-3-5-15(12)22(34)30-9-14-7-6-13(8-16(14)24)19-18(21(28)33)20(27)32(31-19)17-10-29-11-23(17,25)26/h2-8,17,29H,9-11,27H2,1H3,(H2,28,33)(H,30,34). The molecule has 0 aliphatic carbocycles. The zero-order valence-electron chi connectivity index (χ0n) is 18.2. The van der Waals surface area contributed by atoms with Gasteiger partial charge in [-0.3, -0.25) is 9.59 Å². The lowest BCUT2D eigenvalue weighted by molar-refractivity contribution is -0.0188. The lowest BCUT2D eigenvalue weighted by Gasteiger charge is -2.19. The number of rotatable bonds is 6. The number of nitrogens with zero attached hydrogens (tertiary/aromatic N) is 2. The van der Waals surface area contributed by atoms with Gasteiger partial charge in [-0.25, -0.2) is 17.9 Å². The topological polar surface area (TPSA) is 128 Å². The maximum atomic E-state index is 14.9. The third-order valence-electron chi connectivity index (χ3n) is 5.83. The Morgan fingerprint density at radius 2 is 2.00 bits per heavy atom. The summed E-state index contributed by atoms with van der Waals surface area (Å²) in [6.07, 6.45) is 0. The minimum atomic E-state index is -3.14. The van der Waals surface area contributed by atoms with Crippen molar-refractivity contribution < 1.29 is 22.8 Å². The summed E-state index contributed by atoms with van der Waals surface area (Å²) in [5.41, 5.74) is 12.6. The lowest BCUT2D eigenvalue weighted by Crippen LogP contribution is -2.31. The molecule has 34 heavy (non-hydrogen) atoms. The minimum Gasteiger partial charge on any atom is -0.383 e. The Bertz CT molecular complexity index is 1270. The fourth-order valence-electron chi connectivity index (χ4n) is 3.97. The van der Waals surface area contributed by atoms with Crippen molar-refractivity contribution in [2.75, 3.05) is 18.8 Å². The number of anilines is 1. The van der Waals surface area contributed by atoms with Crippen LogP contribution in [0.25, 0.3) is 11.3 Å². The fraction of sp³-hybridized carbons (Fsp3) is 0.261. The van der Waals surface area contributed by atoms with Crippen molar-refractivity contribution in [3.63, 3.8) is 0 Å². The number of hydrogen-bond acceptors (Lipinski definition) is 5. The van der Waals surface area contributed by atoms with Gasteiger partial charge in [-0.1, -0.05) is 30.3 Å². The van der Waals surface area contributed by atoms with E-state index in [2.05, 4.69) is 15.7 Å². The van der Waals surface area contributed by atoms with E-state index in [-0.39, 0.29) is 47.2 Å². The van der Waals surface area contributed by atoms with E-state index >= 15 is 0 Å². The number of halogens is 3. The van der Waals surface area contributed by atoms with Gasteiger partial charge in [0.1, 0.15) is 28.9 Å². The van der Waals surface area contributed by atoms with Crippen molar-refractivity contribution in [3.05, 3.63) is 70.5 Å².